The van der Waals surface area contributed by atoms with E-state index < -0.39 is 0 Å². The third kappa shape index (κ3) is 4.83. The van der Waals surface area contributed by atoms with Gasteiger partial charge in [-0.05, 0) is 53.6 Å². The summed E-state index contributed by atoms with van der Waals surface area (Å²) in [5.41, 5.74) is 4.18. The number of para-hydroxylation sites is 1. The fourth-order valence-electron chi connectivity index (χ4n) is 3.51. The van der Waals surface area contributed by atoms with Gasteiger partial charge in [0.2, 0.25) is 5.82 Å². The molecule has 0 N–H and O–H groups in total. The number of tetrazole rings is 1. The molecule has 0 bridgehead atoms. The molecule has 5 aromatic rings. The molecule has 0 amide bonds. The van der Waals surface area contributed by atoms with Crippen molar-refractivity contribution in [3.63, 3.8) is 0 Å². The Bertz CT molecular complexity index is 1510. The number of aryl methyl sites for hydroxylation is 2. The van der Waals surface area contributed by atoms with Crippen LogP contribution >= 0.6 is 0 Å². The van der Waals surface area contributed by atoms with E-state index in [-0.39, 0.29) is 12.5 Å². The van der Waals surface area contributed by atoms with E-state index in [4.69, 9.17) is 14.0 Å². The van der Waals surface area contributed by atoms with E-state index in [1.54, 1.807) is 7.05 Å². The van der Waals surface area contributed by atoms with Crippen LogP contribution in [0.3, 0.4) is 0 Å². The molecule has 10 heteroatoms. The standard InChI is InChI=1S/C26H23N7O3/c1-17-10-9-15-21(18(17)2)35-22-14-8-7-13-20(22)26-29-27-23(36-26)16-34-30-24(19-11-5-4-6-12-19)25-28-31-32-33(25)3/h4-15H,16H2,1-3H3/b30-24-. The molecule has 0 spiro atoms. The molecule has 2 aromatic heterocycles. The summed E-state index contributed by atoms with van der Waals surface area (Å²) in [4.78, 5) is 5.57. The maximum Gasteiger partial charge on any atom is 0.257 e. The van der Waals surface area contributed by atoms with Crippen LogP contribution < -0.4 is 4.74 Å². The summed E-state index contributed by atoms with van der Waals surface area (Å²) in [7, 11) is 1.73. The first kappa shape index (κ1) is 22.9. The molecule has 0 fully saturated rings. The van der Waals surface area contributed by atoms with Gasteiger partial charge in [0.25, 0.3) is 11.8 Å². The number of oxime groups is 1. The molecule has 0 saturated carbocycles. The Morgan fingerprint density at radius 1 is 0.889 bits per heavy atom. The highest BCUT2D eigenvalue weighted by Crippen LogP contribution is 2.34. The number of benzene rings is 3. The summed E-state index contributed by atoms with van der Waals surface area (Å²) in [5, 5.41) is 24.2. The van der Waals surface area contributed by atoms with E-state index >= 15 is 0 Å². The summed E-state index contributed by atoms with van der Waals surface area (Å²) in [6, 6.07) is 23.0. The summed E-state index contributed by atoms with van der Waals surface area (Å²) in [5.74, 6) is 2.43. The molecule has 0 saturated heterocycles. The minimum Gasteiger partial charge on any atom is -0.456 e. The average molecular weight is 482 g/mol. The highest BCUT2D eigenvalue weighted by atomic mass is 16.6. The SMILES string of the molecule is Cc1cccc(Oc2ccccc2-c2nnc(CO/N=C(/c3ccccc3)c3nnnn3C)o2)c1C. The monoisotopic (exact) mass is 481 g/mol. The molecule has 2 heterocycles. The molecular weight excluding hydrogens is 458 g/mol. The first-order chi connectivity index (χ1) is 17.6. The fourth-order valence-corrected chi connectivity index (χ4v) is 3.51. The Kier molecular flexibility index (Phi) is 6.48. The second kappa shape index (κ2) is 10.2. The summed E-state index contributed by atoms with van der Waals surface area (Å²) < 4.78 is 13.6. The quantitative estimate of drug-likeness (QED) is 0.233. The lowest BCUT2D eigenvalue weighted by molar-refractivity contribution is 0.111. The second-order valence-corrected chi connectivity index (χ2v) is 8.00. The molecule has 36 heavy (non-hydrogen) atoms. The summed E-state index contributed by atoms with van der Waals surface area (Å²) in [6.07, 6.45) is 0. The minimum absolute atomic E-state index is 0.0331. The fraction of sp³-hybridized carbons (Fsp3) is 0.154. The van der Waals surface area contributed by atoms with Crippen molar-refractivity contribution in [2.45, 2.75) is 20.5 Å². The molecule has 0 aliphatic rings. The molecule has 0 radical (unpaired) electrons. The Morgan fingerprint density at radius 3 is 2.47 bits per heavy atom. The van der Waals surface area contributed by atoms with Crippen molar-refractivity contribution in [3.8, 4) is 23.0 Å². The van der Waals surface area contributed by atoms with E-state index in [0.29, 0.717) is 28.7 Å². The number of rotatable bonds is 8. The van der Waals surface area contributed by atoms with Gasteiger partial charge in [-0.3, -0.25) is 0 Å². The number of hydrogen-bond donors (Lipinski definition) is 0. The third-order valence-electron chi connectivity index (χ3n) is 5.58. The number of hydrogen-bond acceptors (Lipinski definition) is 9. The predicted octanol–water partition coefficient (Wildman–Crippen LogP) is 4.64. The van der Waals surface area contributed by atoms with E-state index in [2.05, 4.69) is 30.9 Å². The van der Waals surface area contributed by atoms with Crippen LogP contribution in [-0.4, -0.2) is 36.1 Å². The van der Waals surface area contributed by atoms with Gasteiger partial charge in [0.15, 0.2) is 12.3 Å². The van der Waals surface area contributed by atoms with Gasteiger partial charge in [0, 0.05) is 12.6 Å². The number of nitrogens with zero attached hydrogens (tertiary/aromatic N) is 7. The van der Waals surface area contributed by atoms with Crippen LogP contribution in [0.25, 0.3) is 11.5 Å². The number of ether oxygens (including phenoxy) is 1. The molecule has 0 aliphatic carbocycles. The highest BCUT2D eigenvalue weighted by molar-refractivity contribution is 6.10. The molecule has 3 aromatic carbocycles. The molecular formula is C26H23N7O3. The van der Waals surface area contributed by atoms with Gasteiger partial charge in [-0.2, -0.15) is 0 Å². The van der Waals surface area contributed by atoms with E-state index in [0.717, 1.165) is 22.4 Å². The van der Waals surface area contributed by atoms with Crippen LogP contribution in [0.5, 0.6) is 11.5 Å². The van der Waals surface area contributed by atoms with Gasteiger partial charge in [-0.25, -0.2) is 4.68 Å². The lowest BCUT2D eigenvalue weighted by atomic mass is 10.1. The topological polar surface area (TPSA) is 113 Å². The zero-order valence-electron chi connectivity index (χ0n) is 20.0. The molecule has 5 rings (SSSR count). The predicted molar refractivity (Wildman–Crippen MR) is 131 cm³/mol. The normalized spacial score (nSPS) is 11.5. The first-order valence-corrected chi connectivity index (χ1v) is 11.2. The third-order valence-corrected chi connectivity index (χ3v) is 5.58. The maximum absolute atomic E-state index is 6.20. The van der Waals surface area contributed by atoms with Gasteiger partial charge < -0.3 is 14.0 Å². The average Bonchev–Trinajstić information content (AvgIpc) is 3.55. The van der Waals surface area contributed by atoms with Crippen molar-refractivity contribution in [2.75, 3.05) is 0 Å². The summed E-state index contributed by atoms with van der Waals surface area (Å²) >= 11 is 0. The lowest BCUT2D eigenvalue weighted by Gasteiger charge is -2.12. The largest absolute Gasteiger partial charge is 0.456 e. The molecule has 0 atom stereocenters. The zero-order chi connectivity index (χ0) is 24.9. The van der Waals surface area contributed by atoms with Gasteiger partial charge in [0.1, 0.15) is 11.5 Å². The molecule has 0 aliphatic heterocycles. The zero-order valence-corrected chi connectivity index (χ0v) is 20.0. The van der Waals surface area contributed by atoms with Crippen molar-refractivity contribution in [2.24, 2.45) is 12.2 Å². The van der Waals surface area contributed by atoms with Crippen molar-refractivity contribution >= 4 is 5.71 Å². The maximum atomic E-state index is 6.20. The molecule has 0 unspecified atom stereocenters. The summed E-state index contributed by atoms with van der Waals surface area (Å²) in [6.45, 7) is 4.04. The van der Waals surface area contributed by atoms with E-state index in [1.165, 1.54) is 4.68 Å². The van der Waals surface area contributed by atoms with Crippen LogP contribution in [-0.2, 0) is 18.5 Å². The Hall–Kier alpha value is -4.86. The van der Waals surface area contributed by atoms with Gasteiger partial charge in [-0.1, -0.05) is 59.8 Å². The lowest BCUT2D eigenvalue weighted by Crippen LogP contribution is -2.12. The van der Waals surface area contributed by atoms with E-state index in [1.807, 2.05) is 86.6 Å². The first-order valence-electron chi connectivity index (χ1n) is 11.2. The molecule has 180 valence electrons. The minimum atomic E-state index is -0.0331. The smallest absolute Gasteiger partial charge is 0.257 e. The van der Waals surface area contributed by atoms with Crippen LogP contribution in [0.15, 0.2) is 82.4 Å². The molecule has 10 nitrogen and oxygen atoms in total. The van der Waals surface area contributed by atoms with Crippen LogP contribution in [0.1, 0.15) is 28.4 Å². The van der Waals surface area contributed by atoms with Crippen molar-refractivity contribution in [1.29, 1.82) is 0 Å². The van der Waals surface area contributed by atoms with Gasteiger partial charge in [0.05, 0.1) is 5.56 Å². The highest BCUT2D eigenvalue weighted by Gasteiger charge is 2.17. The van der Waals surface area contributed by atoms with E-state index in [9.17, 15) is 0 Å². The van der Waals surface area contributed by atoms with Crippen LogP contribution in [0.4, 0.5) is 0 Å². The van der Waals surface area contributed by atoms with Crippen molar-refractivity contribution in [3.05, 3.63) is 101 Å². The van der Waals surface area contributed by atoms with Gasteiger partial charge in [-0.15, -0.1) is 15.3 Å². The van der Waals surface area contributed by atoms with Crippen molar-refractivity contribution < 1.29 is 14.0 Å². The van der Waals surface area contributed by atoms with Crippen molar-refractivity contribution in [1.82, 2.24) is 30.4 Å². The van der Waals surface area contributed by atoms with Crippen LogP contribution in [0.2, 0.25) is 0 Å². The second-order valence-electron chi connectivity index (χ2n) is 8.00. The number of aromatic nitrogens is 6. The van der Waals surface area contributed by atoms with Gasteiger partial charge >= 0.3 is 0 Å². The van der Waals surface area contributed by atoms with Crippen LogP contribution in [0, 0.1) is 13.8 Å². The Labute approximate surface area is 207 Å². The Balaban J connectivity index is 1.35. The Morgan fingerprint density at radius 2 is 1.67 bits per heavy atom.